The molecule has 1 rings (SSSR count). The number of aliphatic hydroxyl groups excluding tert-OH is 3. The molecule has 10 heteroatoms. The summed E-state index contributed by atoms with van der Waals surface area (Å²) in [5.41, 5.74) is 0. The summed E-state index contributed by atoms with van der Waals surface area (Å²) < 4.78 is 5.37. The number of Topliss-reactive ketones (excluding diaryl/α,β-unsaturated/α-hetero) is 1. The maximum atomic E-state index is 12.1. The van der Waals surface area contributed by atoms with Crippen LogP contribution < -0.4 is 16.0 Å². The van der Waals surface area contributed by atoms with Gasteiger partial charge >= 0.3 is 0 Å². The molecular formula is C14H25N3O7. The number of carbonyl (C=O) groups excluding carboxylic acids is 3. The summed E-state index contributed by atoms with van der Waals surface area (Å²) in [4.78, 5) is 34.7. The second-order valence-electron chi connectivity index (χ2n) is 5.71. The maximum absolute atomic E-state index is 12.1. The number of ether oxygens (including phenoxy) is 1. The number of nitrogens with one attached hydrogen (secondary N) is 3. The molecule has 1 aliphatic rings. The van der Waals surface area contributed by atoms with Crippen LogP contribution >= 0.6 is 0 Å². The van der Waals surface area contributed by atoms with Gasteiger partial charge in [-0.1, -0.05) is 0 Å². The lowest BCUT2D eigenvalue weighted by Crippen LogP contribution is -2.68. The summed E-state index contributed by atoms with van der Waals surface area (Å²) in [6.07, 6.45) is -5.33. The fourth-order valence-corrected chi connectivity index (χ4v) is 2.49. The van der Waals surface area contributed by atoms with Gasteiger partial charge < -0.3 is 36.0 Å². The first-order chi connectivity index (χ1) is 11.2. The van der Waals surface area contributed by atoms with E-state index in [1.807, 2.05) is 0 Å². The van der Waals surface area contributed by atoms with Crippen molar-refractivity contribution in [3.05, 3.63) is 0 Å². The standard InChI is InChI=1S/C14H25N3O7/c1-6(19)8(15-3)4-10(21)17-14-11(16-7(2)20)13(23)12(22)9(5-18)24-14/h8-9,11-15,18,22-23H,4-5H2,1-3H3,(H,16,20)(H,17,21)/t8-,9?,11?,12?,13?,14?/m0/s1. The number of amides is 2. The molecule has 0 aromatic rings. The molecule has 1 aliphatic heterocycles. The van der Waals surface area contributed by atoms with Crippen LogP contribution in [0, 0.1) is 0 Å². The smallest absolute Gasteiger partial charge is 0.224 e. The molecule has 0 radical (unpaired) electrons. The first kappa shape index (κ1) is 20.5. The van der Waals surface area contributed by atoms with Crippen LogP contribution in [0.15, 0.2) is 0 Å². The Morgan fingerprint density at radius 3 is 2.21 bits per heavy atom. The average Bonchev–Trinajstić information content (AvgIpc) is 2.51. The van der Waals surface area contributed by atoms with Crippen molar-refractivity contribution < 1.29 is 34.4 Å². The summed E-state index contributed by atoms with van der Waals surface area (Å²) in [6.45, 7) is 1.97. The zero-order valence-electron chi connectivity index (χ0n) is 13.9. The Labute approximate surface area is 139 Å². The molecule has 10 nitrogen and oxygen atoms in total. The minimum atomic E-state index is -1.45. The van der Waals surface area contributed by atoms with Gasteiger partial charge in [-0.2, -0.15) is 0 Å². The third-order valence-electron chi connectivity index (χ3n) is 3.83. The van der Waals surface area contributed by atoms with Crippen molar-refractivity contribution in [2.45, 2.75) is 56.9 Å². The summed E-state index contributed by atoms with van der Waals surface area (Å²) in [5, 5.41) is 36.8. The molecule has 1 saturated heterocycles. The second kappa shape index (κ2) is 9.04. The van der Waals surface area contributed by atoms with Gasteiger partial charge in [0.1, 0.15) is 30.1 Å². The SMILES string of the molecule is CN[C@@H](CC(=O)NC1OC(CO)C(O)C(O)C1NC(C)=O)C(C)=O. The number of carbonyl (C=O) groups is 3. The topological polar surface area (TPSA) is 157 Å². The maximum Gasteiger partial charge on any atom is 0.224 e. The van der Waals surface area contributed by atoms with Gasteiger partial charge in [0.05, 0.1) is 12.6 Å². The normalized spacial score (nSPS) is 31.2. The first-order valence-corrected chi connectivity index (χ1v) is 7.57. The first-order valence-electron chi connectivity index (χ1n) is 7.57. The van der Waals surface area contributed by atoms with Gasteiger partial charge in [-0.05, 0) is 14.0 Å². The fraction of sp³-hybridized carbons (Fsp3) is 0.786. The predicted molar refractivity (Wildman–Crippen MR) is 81.7 cm³/mol. The van der Waals surface area contributed by atoms with Crippen LogP contribution in [0.1, 0.15) is 20.3 Å². The summed E-state index contributed by atoms with van der Waals surface area (Å²) in [6, 6.07) is -1.79. The molecule has 6 atom stereocenters. The van der Waals surface area contributed by atoms with E-state index in [9.17, 15) is 29.7 Å². The molecule has 6 N–H and O–H groups in total. The lowest BCUT2D eigenvalue weighted by molar-refractivity contribution is -0.203. The van der Waals surface area contributed by atoms with E-state index in [1.165, 1.54) is 13.8 Å². The Morgan fingerprint density at radius 1 is 1.12 bits per heavy atom. The number of hydrogen-bond donors (Lipinski definition) is 6. The Balaban J connectivity index is 2.84. The highest BCUT2D eigenvalue weighted by Gasteiger charge is 2.45. The highest BCUT2D eigenvalue weighted by molar-refractivity contribution is 5.88. The lowest BCUT2D eigenvalue weighted by Gasteiger charge is -2.42. The molecule has 0 spiro atoms. The molecule has 0 aromatic carbocycles. The lowest BCUT2D eigenvalue weighted by atomic mass is 9.95. The molecule has 0 saturated carbocycles. The van der Waals surface area contributed by atoms with Gasteiger partial charge in [0.25, 0.3) is 0 Å². The highest BCUT2D eigenvalue weighted by Crippen LogP contribution is 2.20. The average molecular weight is 347 g/mol. The minimum absolute atomic E-state index is 0.166. The van der Waals surface area contributed by atoms with Crippen molar-refractivity contribution in [2.24, 2.45) is 0 Å². The predicted octanol–water partition coefficient (Wildman–Crippen LogP) is -3.39. The molecule has 24 heavy (non-hydrogen) atoms. The van der Waals surface area contributed by atoms with E-state index in [0.717, 1.165) is 0 Å². The van der Waals surface area contributed by atoms with Crippen LogP contribution in [-0.2, 0) is 19.1 Å². The van der Waals surface area contributed by atoms with E-state index in [2.05, 4.69) is 16.0 Å². The van der Waals surface area contributed by atoms with Crippen LogP contribution in [-0.4, -0.2) is 83.2 Å². The van der Waals surface area contributed by atoms with E-state index < -0.39 is 55.0 Å². The van der Waals surface area contributed by atoms with E-state index in [-0.39, 0.29) is 12.2 Å². The molecule has 1 fully saturated rings. The quantitative estimate of drug-likeness (QED) is 0.278. The van der Waals surface area contributed by atoms with Crippen molar-refractivity contribution in [1.82, 2.24) is 16.0 Å². The van der Waals surface area contributed by atoms with Crippen molar-refractivity contribution in [1.29, 1.82) is 0 Å². The molecule has 1 heterocycles. The van der Waals surface area contributed by atoms with Gasteiger partial charge in [0.15, 0.2) is 6.23 Å². The molecule has 5 unspecified atom stereocenters. The van der Waals surface area contributed by atoms with Crippen LogP contribution in [0.4, 0.5) is 0 Å². The Hall–Kier alpha value is -1.59. The Kier molecular flexibility index (Phi) is 7.70. The fourth-order valence-electron chi connectivity index (χ4n) is 2.49. The van der Waals surface area contributed by atoms with E-state index in [4.69, 9.17) is 4.74 Å². The van der Waals surface area contributed by atoms with Crippen LogP contribution in [0.25, 0.3) is 0 Å². The van der Waals surface area contributed by atoms with Gasteiger partial charge in [0.2, 0.25) is 11.8 Å². The molecule has 0 aromatic heterocycles. The molecular weight excluding hydrogens is 322 g/mol. The number of rotatable bonds is 7. The van der Waals surface area contributed by atoms with E-state index in [0.29, 0.717) is 0 Å². The zero-order chi connectivity index (χ0) is 18.4. The van der Waals surface area contributed by atoms with E-state index in [1.54, 1.807) is 7.05 Å². The number of ketones is 1. The van der Waals surface area contributed by atoms with E-state index >= 15 is 0 Å². The minimum Gasteiger partial charge on any atom is -0.394 e. The van der Waals surface area contributed by atoms with Gasteiger partial charge in [0, 0.05) is 13.3 Å². The Bertz CT molecular complexity index is 473. The summed E-state index contributed by atoms with van der Waals surface area (Å²) in [7, 11) is 1.54. The van der Waals surface area contributed by atoms with Crippen LogP contribution in [0.3, 0.4) is 0 Å². The summed E-state index contributed by atoms with van der Waals surface area (Å²) >= 11 is 0. The second-order valence-corrected chi connectivity index (χ2v) is 5.71. The van der Waals surface area contributed by atoms with Crippen molar-refractivity contribution in [2.75, 3.05) is 13.7 Å². The highest BCUT2D eigenvalue weighted by atomic mass is 16.5. The van der Waals surface area contributed by atoms with Crippen LogP contribution in [0.2, 0.25) is 0 Å². The molecule has 0 aliphatic carbocycles. The number of likely N-dealkylation sites (N-methyl/N-ethyl adjacent to an activating group) is 1. The molecule has 138 valence electrons. The van der Waals surface area contributed by atoms with Gasteiger partial charge in [-0.15, -0.1) is 0 Å². The van der Waals surface area contributed by atoms with Crippen molar-refractivity contribution in [3.8, 4) is 0 Å². The molecule has 0 bridgehead atoms. The summed E-state index contributed by atoms with van der Waals surface area (Å²) in [5.74, 6) is -1.27. The zero-order valence-corrected chi connectivity index (χ0v) is 13.9. The number of hydrogen-bond acceptors (Lipinski definition) is 8. The third-order valence-corrected chi connectivity index (χ3v) is 3.83. The largest absolute Gasteiger partial charge is 0.394 e. The van der Waals surface area contributed by atoms with Gasteiger partial charge in [-0.3, -0.25) is 14.4 Å². The van der Waals surface area contributed by atoms with Gasteiger partial charge in [-0.25, -0.2) is 0 Å². The van der Waals surface area contributed by atoms with Crippen molar-refractivity contribution in [3.63, 3.8) is 0 Å². The molecule has 2 amide bonds. The Morgan fingerprint density at radius 2 is 1.75 bits per heavy atom. The van der Waals surface area contributed by atoms with Crippen LogP contribution in [0.5, 0.6) is 0 Å². The monoisotopic (exact) mass is 347 g/mol. The third kappa shape index (κ3) is 5.21. The van der Waals surface area contributed by atoms with Crippen molar-refractivity contribution >= 4 is 17.6 Å². The number of aliphatic hydroxyl groups is 3.